The summed E-state index contributed by atoms with van der Waals surface area (Å²) >= 11 is 0. The molecule has 0 saturated carbocycles. The molecule has 24 aromatic carbocycles. The molecule has 0 unspecified atom stereocenters. The Kier molecular flexibility index (Phi) is 22.9. The quantitative estimate of drug-likeness (QED) is 0.0528. The maximum absolute atomic E-state index is 10.0. The first-order valence-corrected chi connectivity index (χ1v) is 46.9. The summed E-state index contributed by atoms with van der Waals surface area (Å²) in [5.41, 5.74) is 19.4. The fraction of sp³-hybridized carbons (Fsp3) is 0.0233. The molecule has 26 aromatic rings. The van der Waals surface area contributed by atoms with Gasteiger partial charge in [0.2, 0.25) is 0 Å². The zero-order chi connectivity index (χ0) is 93.0. The molecule has 2 aromatic heterocycles. The van der Waals surface area contributed by atoms with Crippen molar-refractivity contribution in [2.24, 2.45) is 0 Å². The molecule has 0 atom stereocenters. The monoisotopic (exact) mass is 1970 g/mol. The molecule has 0 radical (unpaired) electrons. The van der Waals surface area contributed by atoms with Crippen LogP contribution in [0.2, 0.25) is 0 Å². The minimum atomic E-state index is -0.0625. The molecule has 0 spiro atoms. The number of rotatable bonds is 16. The second-order valence-electron chi connectivity index (χ2n) is 35.3. The van der Waals surface area contributed by atoms with Crippen molar-refractivity contribution in [3.8, 4) is 22.5 Å². The van der Waals surface area contributed by atoms with Crippen molar-refractivity contribution in [2.75, 3.05) is 19.6 Å². The van der Waals surface area contributed by atoms with E-state index in [-0.39, 0.29) is 38.1 Å². The van der Waals surface area contributed by atoms with Crippen molar-refractivity contribution in [3.05, 3.63) is 486 Å². The maximum atomic E-state index is 10.0. The number of hydrogen-bond donors (Lipinski definition) is 0. The molecular weight excluding hydrogens is 1890 g/mol. The molecule has 662 valence electrons. The molecule has 0 aliphatic rings. The summed E-state index contributed by atoms with van der Waals surface area (Å²) in [7, 11) is 0. The van der Waals surface area contributed by atoms with E-state index < -0.39 is 0 Å². The number of benzene rings is 24. The van der Waals surface area contributed by atoms with Gasteiger partial charge >= 0.3 is 20.1 Å². The van der Waals surface area contributed by atoms with E-state index in [9.17, 15) is 9.59 Å². The maximum Gasteiger partial charge on any atom is 3.00 e. The zero-order valence-electron chi connectivity index (χ0n) is 76.5. The molecule has 0 amide bonds. The van der Waals surface area contributed by atoms with E-state index in [2.05, 4.69) is 481 Å². The van der Waals surface area contributed by atoms with Crippen molar-refractivity contribution >= 4 is 231 Å². The third-order valence-electron chi connectivity index (χ3n) is 26.6. The number of ketones is 2. The average molecular weight is 1970 g/mol. The molecule has 0 aliphatic carbocycles. The van der Waals surface area contributed by atoms with Crippen LogP contribution in [0.4, 0.5) is 68.2 Å². The SMILES string of the molecule is CC(=O)CC(C)=O.[Ir+3].[c-]1c(N(c2ccccc2)c2cc3ccccc3c3ccccc23)ccc2c1c1ncc(-c3ccccc3)nc1c1cc(N(c3ccccc3)c3cc4ccccc4c4ccccc34)ccc21.[c-]1c(N(c2ccccc2)c2cc3ccccc3c3ccccc23)ccc2c1c1ncc(-c3ccccc3)nc1c1cc(N(c3ccccc3)c3cc4ccccc4c4ccccc34)ccc21. The van der Waals surface area contributed by atoms with Gasteiger partial charge in [-0.15, -0.1) is 47.2 Å². The van der Waals surface area contributed by atoms with Crippen LogP contribution in [0, 0.1) is 12.1 Å². The molecule has 2 heterocycles. The zero-order valence-corrected chi connectivity index (χ0v) is 78.9. The molecule has 140 heavy (non-hydrogen) atoms. The van der Waals surface area contributed by atoms with Gasteiger partial charge in [0.1, 0.15) is 11.6 Å². The third kappa shape index (κ3) is 15.9. The Labute approximate surface area is 822 Å². The van der Waals surface area contributed by atoms with Crippen LogP contribution in [0.1, 0.15) is 20.3 Å². The number of aromatic nitrogens is 4. The van der Waals surface area contributed by atoms with Crippen molar-refractivity contribution in [2.45, 2.75) is 20.3 Å². The van der Waals surface area contributed by atoms with E-state index in [1.54, 1.807) is 0 Å². The fourth-order valence-electron chi connectivity index (χ4n) is 20.5. The normalized spacial score (nSPS) is 11.4. The van der Waals surface area contributed by atoms with Gasteiger partial charge in [0.05, 0.1) is 51.6 Å². The van der Waals surface area contributed by atoms with E-state index in [1.807, 2.05) is 24.5 Å². The van der Waals surface area contributed by atoms with Crippen molar-refractivity contribution in [1.82, 2.24) is 19.9 Å². The minimum absolute atomic E-state index is 0. The number of carbonyl (C=O) groups excluding carboxylic acids is 2. The molecule has 0 bridgehead atoms. The number of nitrogens with zero attached hydrogens (tertiary/aromatic N) is 8. The van der Waals surface area contributed by atoms with Crippen LogP contribution < -0.4 is 19.6 Å². The first-order chi connectivity index (χ1) is 68.6. The van der Waals surface area contributed by atoms with Crippen LogP contribution in [0.3, 0.4) is 0 Å². The number of fused-ring (bicyclic) bond motifs is 24. The van der Waals surface area contributed by atoms with Crippen LogP contribution in [0.15, 0.2) is 473 Å². The Morgan fingerprint density at radius 2 is 0.464 bits per heavy atom. The Bertz CT molecular complexity index is 8810. The van der Waals surface area contributed by atoms with Crippen LogP contribution in [-0.2, 0) is 29.7 Å². The van der Waals surface area contributed by atoms with E-state index in [4.69, 9.17) is 19.9 Å². The summed E-state index contributed by atoms with van der Waals surface area (Å²) in [6.07, 6.45) is 3.91. The fourth-order valence-corrected chi connectivity index (χ4v) is 20.5. The van der Waals surface area contributed by atoms with E-state index in [1.165, 1.54) is 100 Å². The molecule has 0 N–H and O–H groups in total. The van der Waals surface area contributed by atoms with Gasteiger partial charge in [0.15, 0.2) is 0 Å². The molecule has 10 nitrogen and oxygen atoms in total. The molecule has 0 aliphatic heterocycles. The second kappa shape index (κ2) is 37.2. The second-order valence-corrected chi connectivity index (χ2v) is 35.3. The summed E-state index contributed by atoms with van der Waals surface area (Å²) in [6.45, 7) is 2.81. The van der Waals surface area contributed by atoms with Gasteiger partial charge in [0.25, 0.3) is 0 Å². The van der Waals surface area contributed by atoms with Crippen LogP contribution in [0.25, 0.3) is 174 Å². The van der Waals surface area contributed by atoms with E-state index >= 15 is 0 Å². The molecule has 0 fully saturated rings. The van der Waals surface area contributed by atoms with Crippen LogP contribution in [-0.4, -0.2) is 31.5 Å². The minimum Gasteiger partial charge on any atom is -0.328 e. The number of anilines is 12. The predicted molar refractivity (Wildman–Crippen MR) is 582 cm³/mol. The molecular formula is C129H86IrN8O2+. The van der Waals surface area contributed by atoms with Crippen molar-refractivity contribution < 1.29 is 29.7 Å². The number of para-hydroxylation sites is 4. The van der Waals surface area contributed by atoms with Gasteiger partial charge in [-0.2, -0.15) is 0 Å². The predicted octanol–water partition coefficient (Wildman–Crippen LogP) is 34.5. The Hall–Kier alpha value is -17.7. The van der Waals surface area contributed by atoms with Gasteiger partial charge in [0, 0.05) is 90.2 Å². The number of carbonyl (C=O) groups is 2. The van der Waals surface area contributed by atoms with Crippen LogP contribution >= 0.6 is 0 Å². The topological polar surface area (TPSA) is 98.7 Å². The Balaban J connectivity index is 0.000000145. The van der Waals surface area contributed by atoms with E-state index in [0.29, 0.717) is 0 Å². The first-order valence-electron chi connectivity index (χ1n) is 46.9. The molecule has 11 heteroatoms. The van der Waals surface area contributed by atoms with Gasteiger partial charge < -0.3 is 29.6 Å². The smallest absolute Gasteiger partial charge is 0.328 e. The van der Waals surface area contributed by atoms with Crippen molar-refractivity contribution in [3.63, 3.8) is 0 Å². The summed E-state index contributed by atoms with van der Waals surface area (Å²) in [5.74, 6) is -0.125. The van der Waals surface area contributed by atoms with E-state index in [0.717, 1.165) is 156 Å². The Morgan fingerprint density at radius 1 is 0.221 bits per heavy atom. The van der Waals surface area contributed by atoms with Gasteiger partial charge in [-0.05, 0) is 198 Å². The third-order valence-corrected chi connectivity index (χ3v) is 26.6. The van der Waals surface area contributed by atoms with Gasteiger partial charge in [-0.25, -0.2) is 0 Å². The largest absolute Gasteiger partial charge is 3.00 e. The summed E-state index contributed by atoms with van der Waals surface area (Å²) in [6, 6.07) is 173. The molecule has 0 saturated heterocycles. The standard InChI is InChI=1S/2C62H39N4.C5H8O2.Ir/c2*1-4-18-41(19-5-1)58-40-63-61-56-38-46(65(44-22-6-2-7-23-44)59-36-42-20-10-12-26-48(42)50-28-14-16-30-54(50)59)32-34-52(56)53-35-33-47(39-57(53)62(61)64-58)66(45-24-8-3-9-25-45)60-37-43-21-11-13-27-49(43)51-29-15-17-31-55(51)60;1-4(6)3-5(2)7;/h2*1-37,39-40H;3H2,1-2H3;/q2*-1;;+3. The Morgan fingerprint density at radius 3 is 0.757 bits per heavy atom. The average Bonchev–Trinajstić information content (AvgIpc) is 0.725. The number of hydrogen-bond acceptors (Lipinski definition) is 10. The van der Waals surface area contributed by atoms with Gasteiger partial charge in [-0.3, -0.25) is 19.6 Å². The van der Waals surface area contributed by atoms with Crippen LogP contribution in [0.5, 0.6) is 0 Å². The summed E-state index contributed by atoms with van der Waals surface area (Å²) in [4.78, 5) is 51.2. The van der Waals surface area contributed by atoms with Gasteiger partial charge in [-0.1, -0.05) is 361 Å². The number of Topliss-reactive ketones (excluding diaryl/α,β-unsaturated/α-hetero) is 2. The van der Waals surface area contributed by atoms with Crippen molar-refractivity contribution in [1.29, 1.82) is 0 Å². The first kappa shape index (κ1) is 86.4. The summed E-state index contributed by atoms with van der Waals surface area (Å²) in [5, 5.41) is 27.4. The summed E-state index contributed by atoms with van der Waals surface area (Å²) < 4.78 is 0. The molecule has 26 rings (SSSR count).